The van der Waals surface area contributed by atoms with E-state index in [1.54, 1.807) is 22.6 Å². The molecular weight excluding hydrogens is 733 g/mol. The van der Waals surface area contributed by atoms with Crippen molar-refractivity contribution in [3.05, 3.63) is 88.1 Å². The van der Waals surface area contributed by atoms with Gasteiger partial charge in [0, 0.05) is 54.7 Å². The summed E-state index contributed by atoms with van der Waals surface area (Å²) in [6, 6.07) is 16.5. The minimum absolute atomic E-state index is 0.0293. The summed E-state index contributed by atoms with van der Waals surface area (Å²) in [6.07, 6.45) is 4.19. The van der Waals surface area contributed by atoms with Crippen LogP contribution in [0.3, 0.4) is 0 Å². The number of aromatic nitrogens is 3. The van der Waals surface area contributed by atoms with Crippen molar-refractivity contribution in [3.8, 4) is 5.69 Å². The number of fused-ring (bicyclic) bond motifs is 1. The van der Waals surface area contributed by atoms with Crippen LogP contribution in [0.4, 0.5) is 0 Å². The van der Waals surface area contributed by atoms with E-state index in [0.717, 1.165) is 48.1 Å². The largest absolute Gasteiger partial charge is 0.370 e. The Morgan fingerprint density at radius 1 is 0.946 bits per heavy atom. The summed E-state index contributed by atoms with van der Waals surface area (Å²) < 4.78 is 29.6. The Morgan fingerprint density at radius 3 is 2.16 bits per heavy atom. The number of sulfonamides is 1. The zero-order valence-corrected chi connectivity index (χ0v) is 34.2. The molecule has 0 aliphatic carbocycles. The smallest absolute Gasteiger partial charge is 0.354 e. The average Bonchev–Trinajstić information content (AvgIpc) is 3.56. The maximum atomic E-state index is 13.3. The third kappa shape index (κ3) is 12.2. The number of aliphatic imine (C=N–C) groups is 1. The molecule has 1 aliphatic rings. The molecule has 0 atom stereocenters. The second-order valence-corrected chi connectivity index (χ2v) is 18.0. The number of carbonyl (C=O) groups is 2. The molecule has 2 aromatic carbocycles. The maximum Gasteiger partial charge on any atom is 0.354 e. The summed E-state index contributed by atoms with van der Waals surface area (Å²) >= 11 is 0. The van der Waals surface area contributed by atoms with Gasteiger partial charge in [-0.1, -0.05) is 65.8 Å². The molecule has 56 heavy (non-hydrogen) atoms. The summed E-state index contributed by atoms with van der Waals surface area (Å²) in [6.45, 7) is 15.1. The SMILES string of the molecule is CC(C)(C)c1cc2cn(-c3ccc(CNC(=O)CCN=C(N)N)cc3)c(=O)nc2[nH]1.CC(C)(C)c1ccc(S(=O)(=O)N(CCCC(N)=O)C2CCNCC2)cc1. The van der Waals surface area contributed by atoms with Gasteiger partial charge in [0.1, 0.15) is 5.65 Å². The summed E-state index contributed by atoms with van der Waals surface area (Å²) in [7, 11) is -3.61. The van der Waals surface area contributed by atoms with Crippen molar-refractivity contribution in [2.45, 2.75) is 102 Å². The van der Waals surface area contributed by atoms with Crippen molar-refractivity contribution in [1.29, 1.82) is 0 Å². The van der Waals surface area contributed by atoms with Crippen molar-refractivity contribution in [1.82, 2.24) is 29.5 Å². The van der Waals surface area contributed by atoms with E-state index in [9.17, 15) is 22.8 Å². The summed E-state index contributed by atoms with van der Waals surface area (Å²) in [5, 5.41) is 6.94. The Kier molecular flexibility index (Phi) is 14.6. The van der Waals surface area contributed by atoms with E-state index >= 15 is 0 Å². The fourth-order valence-electron chi connectivity index (χ4n) is 6.20. The molecule has 0 unspecified atom stereocenters. The van der Waals surface area contributed by atoms with Gasteiger partial charge in [0.2, 0.25) is 21.8 Å². The van der Waals surface area contributed by atoms with Crippen molar-refractivity contribution in [2.75, 3.05) is 26.2 Å². The minimum Gasteiger partial charge on any atom is -0.370 e. The molecule has 1 fully saturated rings. The van der Waals surface area contributed by atoms with Crippen LogP contribution in [0.15, 0.2) is 75.5 Å². The van der Waals surface area contributed by atoms with E-state index in [-0.39, 0.29) is 53.8 Å². The van der Waals surface area contributed by atoms with E-state index < -0.39 is 15.9 Å². The summed E-state index contributed by atoms with van der Waals surface area (Å²) in [5.74, 6) is -0.574. The molecule has 15 nitrogen and oxygen atoms in total. The lowest BCUT2D eigenvalue weighted by atomic mass is 9.87. The minimum atomic E-state index is -3.61. The molecule has 304 valence electrons. The summed E-state index contributed by atoms with van der Waals surface area (Å²) in [5.41, 5.74) is 19.5. The standard InChI is InChI=1S/C21H27N7O2.C19H31N3O3S/c1-21(2,3)16-10-14-12-28(20(30)27-18(14)26-16)15-6-4-13(5-7-15)11-25-17(29)8-9-24-19(22)23;1-19(2,3)15-6-8-17(9-7-15)26(24,25)22(14-4-5-18(20)23)16-10-12-21-13-11-16/h4-7,10,12H,8-9,11H2,1-3H3,(H,25,29)(H4,22,23,24)(H,26,27,30);6-9,16,21H,4-5,10-14H2,1-3H3,(H2,20,23). The van der Waals surface area contributed by atoms with E-state index in [1.165, 1.54) is 4.57 Å². The Balaban J connectivity index is 0.000000251. The normalized spacial score (nSPS) is 13.9. The zero-order chi connectivity index (χ0) is 41.3. The van der Waals surface area contributed by atoms with Crippen molar-refractivity contribution >= 4 is 38.8 Å². The van der Waals surface area contributed by atoms with Gasteiger partial charge in [-0.3, -0.25) is 19.1 Å². The van der Waals surface area contributed by atoms with Crippen LogP contribution in [-0.4, -0.2) is 77.3 Å². The van der Waals surface area contributed by atoms with Gasteiger partial charge in [-0.05, 0) is 79.2 Å². The number of primary amides is 1. The van der Waals surface area contributed by atoms with Gasteiger partial charge in [-0.2, -0.15) is 9.29 Å². The highest BCUT2D eigenvalue weighted by atomic mass is 32.2. The number of hydrogen-bond acceptors (Lipinski definition) is 8. The molecule has 16 heteroatoms. The molecule has 0 spiro atoms. The number of rotatable bonds is 13. The van der Waals surface area contributed by atoms with Crippen LogP contribution in [0.1, 0.15) is 90.5 Å². The number of aromatic amines is 1. The van der Waals surface area contributed by atoms with Crippen LogP contribution in [0, 0.1) is 0 Å². The highest BCUT2D eigenvalue weighted by Gasteiger charge is 2.32. The molecule has 1 saturated heterocycles. The van der Waals surface area contributed by atoms with Crippen LogP contribution in [-0.2, 0) is 37.0 Å². The quantitative estimate of drug-likeness (QED) is 0.0860. The topological polar surface area (TPSA) is 237 Å². The molecule has 2 amide bonds. The van der Waals surface area contributed by atoms with Crippen LogP contribution in [0.2, 0.25) is 0 Å². The first-order valence-electron chi connectivity index (χ1n) is 18.9. The number of nitrogens with two attached hydrogens (primary N) is 3. The second kappa shape index (κ2) is 18.7. The Morgan fingerprint density at radius 2 is 1.59 bits per heavy atom. The average molecular weight is 791 g/mol. The zero-order valence-electron chi connectivity index (χ0n) is 33.4. The second-order valence-electron chi connectivity index (χ2n) is 16.1. The Labute approximate surface area is 329 Å². The van der Waals surface area contributed by atoms with E-state index in [4.69, 9.17) is 17.2 Å². The Bertz CT molecular complexity index is 2140. The molecule has 9 N–H and O–H groups in total. The molecule has 0 saturated carbocycles. The number of guanidine groups is 1. The monoisotopic (exact) mass is 790 g/mol. The fourth-order valence-corrected chi connectivity index (χ4v) is 7.92. The Hall–Kier alpha value is -5.06. The molecule has 2 aromatic heterocycles. The number of nitrogens with one attached hydrogen (secondary N) is 3. The van der Waals surface area contributed by atoms with Crippen molar-refractivity contribution < 1.29 is 18.0 Å². The number of H-pyrrole nitrogens is 1. The van der Waals surface area contributed by atoms with Crippen LogP contribution >= 0.6 is 0 Å². The highest BCUT2D eigenvalue weighted by Crippen LogP contribution is 2.28. The lowest BCUT2D eigenvalue weighted by molar-refractivity contribution is -0.121. The van der Waals surface area contributed by atoms with E-state index in [1.807, 2.05) is 42.5 Å². The number of nitrogens with zero attached hydrogens (tertiary/aromatic N) is 4. The predicted molar refractivity (Wildman–Crippen MR) is 221 cm³/mol. The van der Waals surface area contributed by atoms with E-state index in [0.29, 0.717) is 35.7 Å². The first-order valence-corrected chi connectivity index (χ1v) is 20.4. The number of hydrogen-bond donors (Lipinski definition) is 6. The predicted octanol–water partition coefficient (Wildman–Crippen LogP) is 3.28. The molecule has 5 rings (SSSR count). The van der Waals surface area contributed by atoms with E-state index in [2.05, 4.69) is 67.1 Å². The van der Waals surface area contributed by atoms with Crippen LogP contribution in [0.5, 0.6) is 0 Å². The van der Waals surface area contributed by atoms with Gasteiger partial charge in [-0.15, -0.1) is 0 Å². The molecule has 4 aromatic rings. The molecule has 1 aliphatic heterocycles. The summed E-state index contributed by atoms with van der Waals surface area (Å²) in [4.78, 5) is 46.8. The fraction of sp³-hybridized carbons (Fsp3) is 0.475. The van der Waals surface area contributed by atoms with Crippen LogP contribution in [0.25, 0.3) is 16.7 Å². The van der Waals surface area contributed by atoms with Gasteiger partial charge < -0.3 is 32.8 Å². The molecular formula is C40H58N10O5S. The van der Waals surface area contributed by atoms with Crippen LogP contribution < -0.4 is 33.5 Å². The van der Waals surface area contributed by atoms with Gasteiger partial charge in [0.15, 0.2) is 5.96 Å². The molecule has 0 bridgehead atoms. The maximum absolute atomic E-state index is 13.3. The van der Waals surface area contributed by atoms with Gasteiger partial charge in [0.25, 0.3) is 0 Å². The number of benzene rings is 2. The third-order valence-corrected chi connectivity index (χ3v) is 11.5. The van der Waals surface area contributed by atoms with Gasteiger partial charge >= 0.3 is 5.69 Å². The van der Waals surface area contributed by atoms with Gasteiger partial charge in [0.05, 0.1) is 17.1 Å². The number of piperidine rings is 1. The van der Waals surface area contributed by atoms with Crippen molar-refractivity contribution in [3.63, 3.8) is 0 Å². The lowest BCUT2D eigenvalue weighted by Crippen LogP contribution is -2.46. The van der Waals surface area contributed by atoms with Crippen molar-refractivity contribution in [2.24, 2.45) is 22.2 Å². The lowest BCUT2D eigenvalue weighted by Gasteiger charge is -2.34. The van der Waals surface area contributed by atoms with Gasteiger partial charge in [-0.25, -0.2) is 13.2 Å². The first kappa shape index (κ1) is 43.7. The number of carbonyl (C=O) groups excluding carboxylic acids is 2. The molecule has 0 radical (unpaired) electrons. The number of amides is 2. The third-order valence-electron chi connectivity index (χ3n) is 9.50. The highest BCUT2D eigenvalue weighted by molar-refractivity contribution is 7.89. The molecule has 3 heterocycles. The first-order chi connectivity index (χ1) is 26.3.